The first-order valence-corrected chi connectivity index (χ1v) is 6.69. The number of hydrogen-bond donors (Lipinski definition) is 2. The molecule has 1 aromatic heterocycles. The predicted molar refractivity (Wildman–Crippen MR) is 78.8 cm³/mol. The summed E-state index contributed by atoms with van der Waals surface area (Å²) in [5.74, 6) is 0.680. The van der Waals surface area contributed by atoms with Crippen molar-refractivity contribution in [3.63, 3.8) is 0 Å². The summed E-state index contributed by atoms with van der Waals surface area (Å²) in [7, 11) is 0. The van der Waals surface area contributed by atoms with Gasteiger partial charge in [-0.2, -0.15) is 0 Å². The monoisotopic (exact) mass is 268 g/mol. The van der Waals surface area contributed by atoms with Crippen LogP contribution in [0, 0.1) is 0 Å². The zero-order valence-corrected chi connectivity index (χ0v) is 11.2. The third-order valence-electron chi connectivity index (χ3n) is 3.35. The Labute approximate surface area is 116 Å². The van der Waals surface area contributed by atoms with Gasteiger partial charge in [-0.05, 0) is 30.7 Å². The topological polar surface area (TPSA) is 58.3 Å². The molecular weight excluding hydrogens is 252 g/mol. The number of rotatable bonds is 3. The van der Waals surface area contributed by atoms with Crippen molar-refractivity contribution >= 4 is 11.0 Å². The molecule has 20 heavy (non-hydrogen) atoms. The molecule has 0 saturated heterocycles. The lowest BCUT2D eigenvalue weighted by atomic mass is 10.1. The Morgan fingerprint density at radius 1 is 1.00 bits per heavy atom. The summed E-state index contributed by atoms with van der Waals surface area (Å²) in [5.41, 5.74) is 2.25. The Kier molecular flexibility index (Phi) is 3.06. The Hall–Kier alpha value is -2.49. The summed E-state index contributed by atoms with van der Waals surface area (Å²) in [6.45, 7) is 2.87. The molecule has 0 aliphatic heterocycles. The number of aryl methyl sites for hydroxylation is 1. The van der Waals surface area contributed by atoms with Gasteiger partial charge in [0.05, 0.1) is 11.0 Å². The first-order valence-electron chi connectivity index (χ1n) is 6.69. The molecule has 3 rings (SSSR count). The standard InChI is InChI=1S/C16H16N2O2/c1-2-10-18-12-7-4-3-6-11(12)17-16(18)15-13(19)8-5-9-14(15)20/h3-9,19-20H,2,10H2,1H3. The second-order valence-corrected chi connectivity index (χ2v) is 4.75. The average molecular weight is 268 g/mol. The maximum atomic E-state index is 10.0. The molecule has 0 unspecified atom stereocenters. The highest BCUT2D eigenvalue weighted by Gasteiger charge is 2.18. The van der Waals surface area contributed by atoms with Crippen molar-refractivity contribution in [2.45, 2.75) is 19.9 Å². The van der Waals surface area contributed by atoms with E-state index in [2.05, 4.69) is 11.9 Å². The molecule has 4 heteroatoms. The molecule has 1 heterocycles. The van der Waals surface area contributed by atoms with E-state index in [0.29, 0.717) is 11.4 Å². The van der Waals surface area contributed by atoms with Crippen LogP contribution >= 0.6 is 0 Å². The molecule has 4 nitrogen and oxygen atoms in total. The van der Waals surface area contributed by atoms with Crippen LogP contribution in [0.25, 0.3) is 22.4 Å². The predicted octanol–water partition coefficient (Wildman–Crippen LogP) is 3.52. The molecule has 2 N–H and O–H groups in total. The molecular formula is C16H16N2O2. The lowest BCUT2D eigenvalue weighted by Gasteiger charge is -2.10. The molecule has 3 aromatic rings. The second kappa shape index (κ2) is 4.89. The molecule has 0 aliphatic rings. The van der Waals surface area contributed by atoms with E-state index in [0.717, 1.165) is 24.0 Å². The summed E-state index contributed by atoms with van der Waals surface area (Å²) < 4.78 is 2.03. The normalized spacial score (nSPS) is 11.1. The molecule has 0 aliphatic carbocycles. The molecule has 102 valence electrons. The van der Waals surface area contributed by atoms with Crippen LogP contribution in [0.1, 0.15) is 13.3 Å². The lowest BCUT2D eigenvalue weighted by molar-refractivity contribution is 0.452. The Bertz CT molecular complexity index is 742. The minimum atomic E-state index is 0.0395. The number of hydrogen-bond acceptors (Lipinski definition) is 3. The molecule has 0 radical (unpaired) electrons. The van der Waals surface area contributed by atoms with Crippen molar-refractivity contribution < 1.29 is 10.2 Å². The van der Waals surface area contributed by atoms with Crippen molar-refractivity contribution in [2.75, 3.05) is 0 Å². The van der Waals surface area contributed by atoms with Crippen LogP contribution in [-0.4, -0.2) is 19.8 Å². The number of aromatic nitrogens is 2. The van der Waals surface area contributed by atoms with E-state index in [1.54, 1.807) is 18.2 Å². The summed E-state index contributed by atoms with van der Waals surface area (Å²) >= 11 is 0. The van der Waals surface area contributed by atoms with Crippen molar-refractivity contribution in [1.82, 2.24) is 9.55 Å². The van der Waals surface area contributed by atoms with Crippen LogP contribution in [0.5, 0.6) is 11.5 Å². The van der Waals surface area contributed by atoms with Gasteiger partial charge >= 0.3 is 0 Å². The summed E-state index contributed by atoms with van der Waals surface area (Å²) in [4.78, 5) is 4.57. The molecule has 0 spiro atoms. The van der Waals surface area contributed by atoms with Gasteiger partial charge in [0, 0.05) is 6.54 Å². The van der Waals surface area contributed by atoms with Gasteiger partial charge in [-0.1, -0.05) is 25.1 Å². The Morgan fingerprint density at radius 3 is 2.40 bits per heavy atom. The fourth-order valence-electron chi connectivity index (χ4n) is 2.47. The lowest BCUT2D eigenvalue weighted by Crippen LogP contribution is -2.00. The third kappa shape index (κ3) is 1.90. The highest BCUT2D eigenvalue weighted by atomic mass is 16.3. The minimum Gasteiger partial charge on any atom is -0.507 e. The van der Waals surface area contributed by atoms with Crippen LogP contribution < -0.4 is 0 Å². The van der Waals surface area contributed by atoms with E-state index >= 15 is 0 Å². The molecule has 0 amide bonds. The van der Waals surface area contributed by atoms with Crippen LogP contribution in [-0.2, 0) is 6.54 Å². The number of phenolic OH excluding ortho intramolecular Hbond substituents is 2. The van der Waals surface area contributed by atoms with E-state index in [1.807, 2.05) is 28.8 Å². The van der Waals surface area contributed by atoms with Gasteiger partial charge in [0.15, 0.2) is 0 Å². The number of aromatic hydroxyl groups is 2. The minimum absolute atomic E-state index is 0.0395. The number of para-hydroxylation sites is 2. The quantitative estimate of drug-likeness (QED) is 0.764. The van der Waals surface area contributed by atoms with E-state index in [9.17, 15) is 10.2 Å². The van der Waals surface area contributed by atoms with Crippen LogP contribution in [0.2, 0.25) is 0 Å². The average Bonchev–Trinajstić information content (AvgIpc) is 2.78. The number of imidazole rings is 1. The summed E-state index contributed by atoms with van der Waals surface area (Å²) in [5, 5.41) is 20.1. The highest BCUT2D eigenvalue weighted by Crippen LogP contribution is 2.37. The van der Waals surface area contributed by atoms with Gasteiger partial charge in [0.25, 0.3) is 0 Å². The van der Waals surface area contributed by atoms with Gasteiger partial charge in [-0.15, -0.1) is 0 Å². The van der Waals surface area contributed by atoms with Gasteiger partial charge < -0.3 is 14.8 Å². The van der Waals surface area contributed by atoms with Gasteiger partial charge in [0.2, 0.25) is 0 Å². The number of nitrogens with zero attached hydrogens (tertiary/aromatic N) is 2. The third-order valence-corrected chi connectivity index (χ3v) is 3.35. The number of phenols is 2. The van der Waals surface area contributed by atoms with Crippen molar-refractivity contribution in [1.29, 1.82) is 0 Å². The van der Waals surface area contributed by atoms with Crippen molar-refractivity contribution in [3.05, 3.63) is 42.5 Å². The smallest absolute Gasteiger partial charge is 0.148 e. The fraction of sp³-hybridized carbons (Fsp3) is 0.188. The summed E-state index contributed by atoms with van der Waals surface area (Å²) in [6.07, 6.45) is 0.946. The van der Waals surface area contributed by atoms with E-state index in [1.165, 1.54) is 0 Å². The number of fused-ring (bicyclic) bond motifs is 1. The van der Waals surface area contributed by atoms with Crippen LogP contribution in [0.15, 0.2) is 42.5 Å². The molecule has 2 aromatic carbocycles. The largest absolute Gasteiger partial charge is 0.507 e. The molecule has 0 atom stereocenters. The van der Waals surface area contributed by atoms with E-state index in [4.69, 9.17) is 0 Å². The molecule has 0 saturated carbocycles. The van der Waals surface area contributed by atoms with Gasteiger partial charge in [-0.3, -0.25) is 0 Å². The van der Waals surface area contributed by atoms with Gasteiger partial charge in [0.1, 0.15) is 22.9 Å². The maximum absolute atomic E-state index is 10.0. The second-order valence-electron chi connectivity index (χ2n) is 4.75. The van der Waals surface area contributed by atoms with E-state index in [-0.39, 0.29) is 11.5 Å². The molecule has 0 bridgehead atoms. The molecule has 0 fully saturated rings. The van der Waals surface area contributed by atoms with Crippen molar-refractivity contribution in [2.24, 2.45) is 0 Å². The summed E-state index contributed by atoms with van der Waals surface area (Å²) in [6, 6.07) is 12.6. The first-order chi connectivity index (χ1) is 9.72. The Balaban J connectivity index is 2.33. The SMILES string of the molecule is CCCn1c(-c2c(O)cccc2O)nc2ccccc21. The first kappa shape index (κ1) is 12.5. The van der Waals surface area contributed by atoms with Crippen LogP contribution in [0.4, 0.5) is 0 Å². The highest BCUT2D eigenvalue weighted by molar-refractivity contribution is 5.83. The van der Waals surface area contributed by atoms with Gasteiger partial charge in [-0.25, -0.2) is 4.98 Å². The Morgan fingerprint density at radius 2 is 1.70 bits per heavy atom. The van der Waals surface area contributed by atoms with Crippen molar-refractivity contribution in [3.8, 4) is 22.9 Å². The zero-order valence-electron chi connectivity index (χ0n) is 11.2. The van der Waals surface area contributed by atoms with Crippen LogP contribution in [0.3, 0.4) is 0 Å². The van der Waals surface area contributed by atoms with E-state index < -0.39 is 0 Å². The number of benzene rings is 2. The zero-order chi connectivity index (χ0) is 14.1. The maximum Gasteiger partial charge on any atom is 0.148 e. The fourth-order valence-corrected chi connectivity index (χ4v) is 2.47.